The Labute approximate surface area is 102 Å². The molecule has 0 bridgehead atoms. The highest BCUT2D eigenvalue weighted by atomic mass is 15.3. The van der Waals surface area contributed by atoms with E-state index < -0.39 is 0 Å². The smallest absolute Gasteiger partial charge is 0.151 e. The van der Waals surface area contributed by atoms with Crippen LogP contribution in [0.5, 0.6) is 0 Å². The molecule has 0 saturated carbocycles. The molecule has 0 fully saturated rings. The molecular weight excluding hydrogens is 212 g/mol. The fourth-order valence-electron chi connectivity index (χ4n) is 1.73. The van der Waals surface area contributed by atoms with Gasteiger partial charge in [-0.25, -0.2) is 0 Å². The zero-order valence-electron chi connectivity index (χ0n) is 10.5. The molecule has 0 aliphatic rings. The van der Waals surface area contributed by atoms with Crippen LogP contribution in [-0.2, 0) is 6.54 Å². The number of hydrogen-bond acceptors (Lipinski definition) is 3. The van der Waals surface area contributed by atoms with Gasteiger partial charge in [0.25, 0.3) is 0 Å². The molecule has 2 rings (SSSR count). The largest absolute Gasteiger partial charge is 0.308 e. The summed E-state index contributed by atoms with van der Waals surface area (Å²) in [6.45, 7) is 6.94. The van der Waals surface area contributed by atoms with Crippen LogP contribution in [0.25, 0.3) is 5.69 Å². The normalized spacial score (nSPS) is 11.1. The Morgan fingerprint density at radius 3 is 2.53 bits per heavy atom. The molecule has 17 heavy (non-hydrogen) atoms. The molecule has 1 N–H and O–H groups in total. The molecular formula is C13H18N4. The van der Waals surface area contributed by atoms with Gasteiger partial charge in [0.15, 0.2) is 5.82 Å². The number of hydrogen-bond donors (Lipinski definition) is 1. The Balaban J connectivity index is 2.30. The molecule has 90 valence electrons. The summed E-state index contributed by atoms with van der Waals surface area (Å²) in [5.74, 6) is 1.86. The Morgan fingerprint density at radius 1 is 1.18 bits per heavy atom. The third-order valence-corrected chi connectivity index (χ3v) is 2.57. The number of rotatable bonds is 4. The van der Waals surface area contributed by atoms with Gasteiger partial charge in [-0.05, 0) is 19.1 Å². The first-order valence-electron chi connectivity index (χ1n) is 5.88. The summed E-state index contributed by atoms with van der Waals surface area (Å²) < 4.78 is 2.08. The van der Waals surface area contributed by atoms with E-state index in [1.807, 2.05) is 25.1 Å². The SMILES string of the molecule is Cc1nnc(CNC(C)C)n1-c1ccccc1. The van der Waals surface area contributed by atoms with Gasteiger partial charge in [-0.3, -0.25) is 4.57 Å². The molecule has 0 aliphatic carbocycles. The van der Waals surface area contributed by atoms with Gasteiger partial charge < -0.3 is 5.32 Å². The topological polar surface area (TPSA) is 42.7 Å². The van der Waals surface area contributed by atoms with E-state index in [9.17, 15) is 0 Å². The zero-order chi connectivity index (χ0) is 12.3. The van der Waals surface area contributed by atoms with Crippen molar-refractivity contribution in [2.24, 2.45) is 0 Å². The first kappa shape index (κ1) is 11.8. The fourth-order valence-corrected chi connectivity index (χ4v) is 1.73. The third-order valence-electron chi connectivity index (χ3n) is 2.57. The minimum Gasteiger partial charge on any atom is -0.308 e. The van der Waals surface area contributed by atoms with Crippen LogP contribution in [0, 0.1) is 6.92 Å². The summed E-state index contributed by atoms with van der Waals surface area (Å²) in [5.41, 5.74) is 1.11. The van der Waals surface area contributed by atoms with Gasteiger partial charge in [0.1, 0.15) is 5.82 Å². The highest BCUT2D eigenvalue weighted by molar-refractivity contribution is 5.33. The predicted octanol–water partition coefficient (Wildman–Crippen LogP) is 2.07. The molecule has 0 aliphatic heterocycles. The number of benzene rings is 1. The number of aryl methyl sites for hydroxylation is 1. The van der Waals surface area contributed by atoms with Crippen LogP contribution < -0.4 is 5.32 Å². The molecule has 0 saturated heterocycles. The summed E-state index contributed by atoms with van der Waals surface area (Å²) in [6, 6.07) is 10.6. The molecule has 1 aromatic carbocycles. The average molecular weight is 230 g/mol. The van der Waals surface area contributed by atoms with Gasteiger partial charge in [0.2, 0.25) is 0 Å². The van der Waals surface area contributed by atoms with Crippen LogP contribution in [-0.4, -0.2) is 20.8 Å². The van der Waals surface area contributed by atoms with Gasteiger partial charge in [-0.15, -0.1) is 10.2 Å². The quantitative estimate of drug-likeness (QED) is 0.874. The second-order valence-electron chi connectivity index (χ2n) is 4.37. The zero-order valence-corrected chi connectivity index (χ0v) is 10.5. The Hall–Kier alpha value is -1.68. The van der Waals surface area contributed by atoms with Crippen LogP contribution in [0.3, 0.4) is 0 Å². The van der Waals surface area contributed by atoms with Crippen molar-refractivity contribution in [2.75, 3.05) is 0 Å². The maximum Gasteiger partial charge on any atom is 0.151 e. The van der Waals surface area contributed by atoms with E-state index >= 15 is 0 Å². The lowest BCUT2D eigenvalue weighted by molar-refractivity contribution is 0.566. The molecule has 1 heterocycles. The lowest BCUT2D eigenvalue weighted by atomic mass is 10.3. The summed E-state index contributed by atoms with van der Waals surface area (Å²) in [4.78, 5) is 0. The van der Waals surface area contributed by atoms with Gasteiger partial charge >= 0.3 is 0 Å². The number of nitrogens with one attached hydrogen (secondary N) is 1. The minimum atomic E-state index is 0.441. The standard InChI is InChI=1S/C13H18N4/c1-10(2)14-9-13-16-15-11(3)17(13)12-7-5-4-6-8-12/h4-8,10,14H,9H2,1-3H3. The highest BCUT2D eigenvalue weighted by Gasteiger charge is 2.10. The number of para-hydroxylation sites is 1. The maximum atomic E-state index is 4.21. The van der Waals surface area contributed by atoms with E-state index in [4.69, 9.17) is 0 Å². The van der Waals surface area contributed by atoms with E-state index in [0.717, 1.165) is 23.9 Å². The minimum absolute atomic E-state index is 0.441. The van der Waals surface area contributed by atoms with Crippen LogP contribution in [0.1, 0.15) is 25.5 Å². The molecule has 0 radical (unpaired) electrons. The molecule has 0 unspecified atom stereocenters. The lowest BCUT2D eigenvalue weighted by Crippen LogP contribution is -2.24. The van der Waals surface area contributed by atoms with Crippen molar-refractivity contribution in [3.05, 3.63) is 42.0 Å². The number of aromatic nitrogens is 3. The summed E-state index contributed by atoms with van der Waals surface area (Å²) in [5, 5.41) is 11.7. The second-order valence-corrected chi connectivity index (χ2v) is 4.37. The van der Waals surface area contributed by atoms with Crippen molar-refractivity contribution >= 4 is 0 Å². The van der Waals surface area contributed by atoms with Crippen LogP contribution >= 0.6 is 0 Å². The first-order valence-corrected chi connectivity index (χ1v) is 5.88. The van der Waals surface area contributed by atoms with E-state index in [1.54, 1.807) is 0 Å². The Bertz CT molecular complexity index is 473. The molecule has 4 heteroatoms. The van der Waals surface area contributed by atoms with E-state index in [-0.39, 0.29) is 0 Å². The van der Waals surface area contributed by atoms with Crippen LogP contribution in [0.4, 0.5) is 0 Å². The van der Waals surface area contributed by atoms with E-state index in [2.05, 4.69) is 46.1 Å². The van der Waals surface area contributed by atoms with E-state index in [1.165, 1.54) is 0 Å². The first-order chi connectivity index (χ1) is 8.18. The predicted molar refractivity (Wildman–Crippen MR) is 68.1 cm³/mol. The van der Waals surface area contributed by atoms with Crippen molar-refractivity contribution in [1.82, 2.24) is 20.1 Å². The molecule has 2 aromatic rings. The molecule has 0 amide bonds. The van der Waals surface area contributed by atoms with Crippen LogP contribution in [0.2, 0.25) is 0 Å². The van der Waals surface area contributed by atoms with Gasteiger partial charge in [0, 0.05) is 11.7 Å². The molecule has 0 spiro atoms. The van der Waals surface area contributed by atoms with Gasteiger partial charge in [0.05, 0.1) is 6.54 Å². The lowest BCUT2D eigenvalue weighted by Gasteiger charge is -2.10. The Morgan fingerprint density at radius 2 is 1.88 bits per heavy atom. The molecule has 1 aromatic heterocycles. The van der Waals surface area contributed by atoms with E-state index in [0.29, 0.717) is 6.04 Å². The third kappa shape index (κ3) is 2.71. The summed E-state index contributed by atoms with van der Waals surface area (Å²) in [7, 11) is 0. The highest BCUT2D eigenvalue weighted by Crippen LogP contribution is 2.12. The summed E-state index contributed by atoms with van der Waals surface area (Å²) in [6.07, 6.45) is 0. The fraction of sp³-hybridized carbons (Fsp3) is 0.385. The summed E-state index contributed by atoms with van der Waals surface area (Å²) >= 11 is 0. The van der Waals surface area contributed by atoms with Crippen molar-refractivity contribution in [3.8, 4) is 5.69 Å². The monoisotopic (exact) mass is 230 g/mol. The Kier molecular flexibility index (Phi) is 3.54. The van der Waals surface area contributed by atoms with Gasteiger partial charge in [-0.1, -0.05) is 32.0 Å². The van der Waals surface area contributed by atoms with Crippen LogP contribution in [0.15, 0.2) is 30.3 Å². The molecule has 4 nitrogen and oxygen atoms in total. The maximum absolute atomic E-state index is 4.21. The van der Waals surface area contributed by atoms with Gasteiger partial charge in [-0.2, -0.15) is 0 Å². The van der Waals surface area contributed by atoms with Crippen molar-refractivity contribution in [1.29, 1.82) is 0 Å². The number of nitrogens with zero attached hydrogens (tertiary/aromatic N) is 3. The molecule has 0 atom stereocenters. The van der Waals surface area contributed by atoms with Crippen molar-refractivity contribution in [2.45, 2.75) is 33.4 Å². The average Bonchev–Trinajstić information content (AvgIpc) is 2.69. The second kappa shape index (κ2) is 5.10. The van der Waals surface area contributed by atoms with Crippen molar-refractivity contribution in [3.63, 3.8) is 0 Å². The van der Waals surface area contributed by atoms with Crippen molar-refractivity contribution < 1.29 is 0 Å².